The molecule has 0 aliphatic rings. The van der Waals surface area contributed by atoms with Gasteiger partial charge < -0.3 is 16.5 Å². The second kappa shape index (κ2) is 2.89. The molecule has 0 unspecified atom stereocenters. The summed E-state index contributed by atoms with van der Waals surface area (Å²) < 4.78 is 0. The van der Waals surface area contributed by atoms with Gasteiger partial charge in [0.15, 0.2) is 0 Å². The summed E-state index contributed by atoms with van der Waals surface area (Å²) >= 11 is 0. The number of carbonyl (C=O) groups excluding carboxylic acids is 1. The number of primary amides is 1. The molecule has 1 heterocycles. The van der Waals surface area contributed by atoms with Crippen LogP contribution in [0.3, 0.4) is 0 Å². The van der Waals surface area contributed by atoms with E-state index in [1.54, 1.807) is 6.20 Å². The molecule has 0 fully saturated rings. The molecule has 1 aromatic rings. The van der Waals surface area contributed by atoms with E-state index < -0.39 is 5.91 Å². The van der Waals surface area contributed by atoms with E-state index in [2.05, 4.69) is 4.98 Å². The van der Waals surface area contributed by atoms with Gasteiger partial charge in [0.25, 0.3) is 5.91 Å². The molecule has 1 amide bonds. The fourth-order valence-electron chi connectivity index (χ4n) is 1.19. The van der Waals surface area contributed by atoms with Crippen molar-refractivity contribution in [1.82, 2.24) is 4.98 Å². The SMILES string of the molecule is CC(C)c1c[nH]c(N)c1C(N)=O. The lowest BCUT2D eigenvalue weighted by Gasteiger charge is -2.03. The Morgan fingerprint density at radius 2 is 2.17 bits per heavy atom. The van der Waals surface area contributed by atoms with Crippen LogP contribution in [0.4, 0.5) is 5.82 Å². The minimum Gasteiger partial charge on any atom is -0.385 e. The number of nitrogen functional groups attached to an aromatic ring is 1. The van der Waals surface area contributed by atoms with Gasteiger partial charge in [0.05, 0.1) is 5.56 Å². The first-order valence-electron chi connectivity index (χ1n) is 3.80. The van der Waals surface area contributed by atoms with E-state index in [0.29, 0.717) is 11.4 Å². The molecule has 0 saturated heterocycles. The van der Waals surface area contributed by atoms with E-state index in [1.807, 2.05) is 13.8 Å². The molecule has 4 nitrogen and oxygen atoms in total. The van der Waals surface area contributed by atoms with Crippen LogP contribution < -0.4 is 11.5 Å². The van der Waals surface area contributed by atoms with Crippen molar-refractivity contribution in [2.75, 3.05) is 5.73 Å². The van der Waals surface area contributed by atoms with Crippen molar-refractivity contribution in [3.8, 4) is 0 Å². The Labute approximate surface area is 70.9 Å². The van der Waals surface area contributed by atoms with E-state index in [0.717, 1.165) is 5.56 Å². The van der Waals surface area contributed by atoms with Crippen molar-refractivity contribution in [3.63, 3.8) is 0 Å². The number of rotatable bonds is 2. The number of aromatic amines is 1. The van der Waals surface area contributed by atoms with Crippen molar-refractivity contribution in [2.24, 2.45) is 5.73 Å². The molecule has 1 aromatic heterocycles. The molecule has 66 valence electrons. The van der Waals surface area contributed by atoms with Gasteiger partial charge in [-0.05, 0) is 11.5 Å². The van der Waals surface area contributed by atoms with Crippen molar-refractivity contribution in [3.05, 3.63) is 17.3 Å². The average Bonchev–Trinajstić information content (AvgIpc) is 2.30. The highest BCUT2D eigenvalue weighted by Gasteiger charge is 2.15. The number of carbonyl (C=O) groups is 1. The van der Waals surface area contributed by atoms with Gasteiger partial charge in [-0.2, -0.15) is 0 Å². The summed E-state index contributed by atoms with van der Waals surface area (Å²) in [6.45, 7) is 3.96. The predicted octanol–water partition coefficient (Wildman–Crippen LogP) is 0.819. The third-order valence-corrected chi connectivity index (χ3v) is 1.81. The standard InChI is InChI=1S/C8H13N3O/c1-4(2)5-3-11-7(9)6(5)8(10)12/h3-4,11H,9H2,1-2H3,(H2,10,12). The zero-order valence-corrected chi connectivity index (χ0v) is 7.22. The van der Waals surface area contributed by atoms with Gasteiger partial charge in [-0.1, -0.05) is 13.8 Å². The molecule has 0 atom stereocenters. The van der Waals surface area contributed by atoms with Crippen LogP contribution in [0.15, 0.2) is 6.20 Å². The molecule has 0 aromatic carbocycles. The maximum Gasteiger partial charge on any atom is 0.252 e. The highest BCUT2D eigenvalue weighted by Crippen LogP contribution is 2.23. The number of hydrogen-bond donors (Lipinski definition) is 3. The highest BCUT2D eigenvalue weighted by molar-refractivity contribution is 5.99. The van der Waals surface area contributed by atoms with Crippen LogP contribution in [0.2, 0.25) is 0 Å². The van der Waals surface area contributed by atoms with Gasteiger partial charge >= 0.3 is 0 Å². The zero-order chi connectivity index (χ0) is 9.30. The second-order valence-corrected chi connectivity index (χ2v) is 3.05. The van der Waals surface area contributed by atoms with Crippen LogP contribution in [0, 0.1) is 0 Å². The maximum absolute atomic E-state index is 10.9. The van der Waals surface area contributed by atoms with E-state index in [-0.39, 0.29) is 5.92 Å². The largest absolute Gasteiger partial charge is 0.385 e. The molecule has 12 heavy (non-hydrogen) atoms. The monoisotopic (exact) mass is 167 g/mol. The van der Waals surface area contributed by atoms with Crippen LogP contribution in [-0.2, 0) is 0 Å². The lowest BCUT2D eigenvalue weighted by molar-refractivity contribution is 0.1000. The molecule has 0 aliphatic heterocycles. The fourth-order valence-corrected chi connectivity index (χ4v) is 1.19. The number of nitrogens with two attached hydrogens (primary N) is 2. The summed E-state index contributed by atoms with van der Waals surface area (Å²) in [6.07, 6.45) is 1.72. The molecule has 0 radical (unpaired) electrons. The van der Waals surface area contributed by atoms with Gasteiger partial charge in [-0.25, -0.2) is 0 Å². The first kappa shape index (κ1) is 8.64. The fraction of sp³-hybridized carbons (Fsp3) is 0.375. The molecule has 4 heteroatoms. The normalized spacial score (nSPS) is 10.6. The lowest BCUT2D eigenvalue weighted by Crippen LogP contribution is -2.14. The minimum absolute atomic E-state index is 0.251. The predicted molar refractivity (Wildman–Crippen MR) is 47.8 cm³/mol. The van der Waals surface area contributed by atoms with E-state index in [9.17, 15) is 4.79 Å². The summed E-state index contributed by atoms with van der Waals surface area (Å²) in [4.78, 5) is 13.7. The minimum atomic E-state index is -0.475. The zero-order valence-electron chi connectivity index (χ0n) is 7.22. The Hall–Kier alpha value is -1.45. The van der Waals surface area contributed by atoms with Gasteiger partial charge in [-0.15, -0.1) is 0 Å². The summed E-state index contributed by atoms with van der Waals surface area (Å²) in [7, 11) is 0. The van der Waals surface area contributed by atoms with E-state index in [4.69, 9.17) is 11.5 Å². The van der Waals surface area contributed by atoms with Crippen LogP contribution in [-0.4, -0.2) is 10.9 Å². The van der Waals surface area contributed by atoms with E-state index >= 15 is 0 Å². The van der Waals surface area contributed by atoms with Crippen molar-refractivity contribution >= 4 is 11.7 Å². The van der Waals surface area contributed by atoms with Gasteiger partial charge in [-0.3, -0.25) is 4.79 Å². The van der Waals surface area contributed by atoms with Crippen LogP contribution in [0.25, 0.3) is 0 Å². The first-order chi connectivity index (χ1) is 5.54. The molecule has 0 spiro atoms. The van der Waals surface area contributed by atoms with Crippen molar-refractivity contribution in [2.45, 2.75) is 19.8 Å². The Morgan fingerprint density at radius 3 is 2.50 bits per heavy atom. The van der Waals surface area contributed by atoms with Crippen LogP contribution in [0.1, 0.15) is 35.7 Å². The summed E-state index contributed by atoms with van der Waals surface area (Å²) in [6, 6.07) is 0. The van der Waals surface area contributed by atoms with Crippen molar-refractivity contribution < 1.29 is 4.79 Å². The highest BCUT2D eigenvalue weighted by atomic mass is 16.1. The van der Waals surface area contributed by atoms with Crippen LogP contribution in [0.5, 0.6) is 0 Å². The topological polar surface area (TPSA) is 84.9 Å². The molecular formula is C8H13N3O. The molecule has 0 bridgehead atoms. The molecule has 0 saturated carbocycles. The number of aromatic nitrogens is 1. The second-order valence-electron chi connectivity index (χ2n) is 3.05. The summed E-state index contributed by atoms with van der Waals surface area (Å²) in [5.74, 6) is 0.129. The number of amides is 1. The van der Waals surface area contributed by atoms with Crippen molar-refractivity contribution in [1.29, 1.82) is 0 Å². The summed E-state index contributed by atoms with van der Waals surface area (Å²) in [5, 5.41) is 0. The molecule has 5 N–H and O–H groups in total. The number of anilines is 1. The van der Waals surface area contributed by atoms with Gasteiger partial charge in [0.2, 0.25) is 0 Å². The smallest absolute Gasteiger partial charge is 0.252 e. The third-order valence-electron chi connectivity index (χ3n) is 1.81. The Bertz CT molecular complexity index is 301. The number of hydrogen-bond acceptors (Lipinski definition) is 2. The van der Waals surface area contributed by atoms with E-state index in [1.165, 1.54) is 0 Å². The first-order valence-corrected chi connectivity index (χ1v) is 3.80. The van der Waals surface area contributed by atoms with Gasteiger partial charge in [0, 0.05) is 6.20 Å². The maximum atomic E-state index is 10.9. The number of nitrogens with one attached hydrogen (secondary N) is 1. The Balaban J connectivity index is 3.21. The summed E-state index contributed by atoms with van der Waals surface area (Å²) in [5.41, 5.74) is 12.0. The Kier molecular flexibility index (Phi) is 2.08. The molecular weight excluding hydrogens is 154 g/mol. The average molecular weight is 167 g/mol. The quantitative estimate of drug-likeness (QED) is 0.609. The Morgan fingerprint density at radius 1 is 1.58 bits per heavy atom. The third kappa shape index (κ3) is 1.28. The lowest BCUT2D eigenvalue weighted by atomic mass is 10.0. The molecule has 1 rings (SSSR count). The number of H-pyrrole nitrogens is 1. The molecule has 0 aliphatic carbocycles. The van der Waals surface area contributed by atoms with Gasteiger partial charge in [0.1, 0.15) is 5.82 Å². The van der Waals surface area contributed by atoms with Crippen LogP contribution >= 0.6 is 0 Å².